The number of hydrogen-bond donors (Lipinski definition) is 1. The molecule has 1 N–H and O–H groups in total. The molecule has 0 spiro atoms. The van der Waals surface area contributed by atoms with Crippen LogP contribution in [0.25, 0.3) is 5.69 Å². The second kappa shape index (κ2) is 10.9. The molecular formula is C26H26N4O3S2. The van der Waals surface area contributed by atoms with Crippen molar-refractivity contribution in [3.63, 3.8) is 0 Å². The zero-order valence-electron chi connectivity index (χ0n) is 19.5. The first-order chi connectivity index (χ1) is 16.9. The van der Waals surface area contributed by atoms with Gasteiger partial charge in [0, 0.05) is 11.4 Å². The summed E-state index contributed by atoms with van der Waals surface area (Å²) in [7, 11) is -3.64. The topological polar surface area (TPSA) is 94.0 Å². The minimum absolute atomic E-state index is 0.102. The average molecular weight is 507 g/mol. The van der Waals surface area contributed by atoms with Crippen LogP contribution in [0.5, 0.6) is 0 Å². The van der Waals surface area contributed by atoms with E-state index in [1.807, 2.05) is 61.5 Å². The summed E-state index contributed by atoms with van der Waals surface area (Å²) >= 11 is 1.20. The second-order valence-corrected chi connectivity index (χ2v) is 11.0. The minimum atomic E-state index is -3.64. The number of aromatic nitrogens is 3. The number of para-hydroxylation sites is 1. The molecule has 0 aliphatic rings. The van der Waals surface area contributed by atoms with Gasteiger partial charge in [0.2, 0.25) is 5.91 Å². The van der Waals surface area contributed by atoms with Crippen LogP contribution < -0.4 is 5.32 Å². The fraction of sp³-hybridized carbons (Fsp3) is 0.192. The van der Waals surface area contributed by atoms with Crippen LogP contribution in [0.4, 0.5) is 5.69 Å². The zero-order valence-corrected chi connectivity index (χ0v) is 21.1. The van der Waals surface area contributed by atoms with Gasteiger partial charge in [0.25, 0.3) is 0 Å². The smallest absolute Gasteiger partial charge is 0.234 e. The van der Waals surface area contributed by atoms with E-state index in [4.69, 9.17) is 0 Å². The first-order valence-electron chi connectivity index (χ1n) is 11.2. The summed E-state index contributed by atoms with van der Waals surface area (Å²) < 4.78 is 27.8. The lowest BCUT2D eigenvalue weighted by Crippen LogP contribution is -2.15. The van der Waals surface area contributed by atoms with Gasteiger partial charge in [-0.2, -0.15) is 0 Å². The summed E-state index contributed by atoms with van der Waals surface area (Å²) in [5.41, 5.74) is 3.63. The number of sulfone groups is 1. The number of benzene rings is 3. The molecule has 4 aromatic rings. The molecule has 0 radical (unpaired) electrons. The van der Waals surface area contributed by atoms with Crippen molar-refractivity contribution in [2.75, 3.05) is 11.1 Å². The maximum Gasteiger partial charge on any atom is 0.234 e. The first-order valence-corrected chi connectivity index (χ1v) is 13.8. The lowest BCUT2D eigenvalue weighted by Gasteiger charge is -2.11. The van der Waals surface area contributed by atoms with E-state index in [1.165, 1.54) is 17.3 Å². The largest absolute Gasteiger partial charge is 0.325 e. The maximum absolute atomic E-state index is 13.1. The van der Waals surface area contributed by atoms with Gasteiger partial charge >= 0.3 is 0 Å². The molecule has 0 fully saturated rings. The van der Waals surface area contributed by atoms with Gasteiger partial charge in [0.05, 0.1) is 10.6 Å². The summed E-state index contributed by atoms with van der Waals surface area (Å²) in [6.45, 7) is 3.98. The van der Waals surface area contributed by atoms with Gasteiger partial charge in [0.1, 0.15) is 5.75 Å². The van der Waals surface area contributed by atoms with Crippen LogP contribution in [0.2, 0.25) is 0 Å². The molecule has 7 nitrogen and oxygen atoms in total. The van der Waals surface area contributed by atoms with Crippen molar-refractivity contribution in [3.05, 3.63) is 95.8 Å². The Bertz CT molecular complexity index is 1400. The summed E-state index contributed by atoms with van der Waals surface area (Å²) in [5, 5.41) is 11.7. The molecule has 9 heteroatoms. The Morgan fingerprint density at radius 2 is 1.63 bits per heavy atom. The minimum Gasteiger partial charge on any atom is -0.325 e. The van der Waals surface area contributed by atoms with Gasteiger partial charge in [-0.1, -0.05) is 66.7 Å². The van der Waals surface area contributed by atoms with E-state index >= 15 is 0 Å². The Morgan fingerprint density at radius 1 is 0.943 bits per heavy atom. The number of rotatable bonds is 9. The lowest BCUT2D eigenvalue weighted by atomic mass is 10.1. The number of hydrogen-bond acceptors (Lipinski definition) is 6. The van der Waals surface area contributed by atoms with Gasteiger partial charge < -0.3 is 5.32 Å². The third-order valence-electron chi connectivity index (χ3n) is 5.39. The summed E-state index contributed by atoms with van der Waals surface area (Å²) in [4.78, 5) is 12.8. The van der Waals surface area contributed by atoms with Crippen molar-refractivity contribution < 1.29 is 13.2 Å². The van der Waals surface area contributed by atoms with Crippen molar-refractivity contribution in [3.8, 4) is 5.69 Å². The molecule has 35 heavy (non-hydrogen) atoms. The van der Waals surface area contributed by atoms with E-state index in [-0.39, 0.29) is 28.1 Å². The molecule has 0 saturated heterocycles. The Hall–Kier alpha value is -3.43. The number of aryl methyl sites for hydroxylation is 2. The lowest BCUT2D eigenvalue weighted by molar-refractivity contribution is -0.113. The molecule has 0 unspecified atom stereocenters. The standard InChI is InChI=1S/C26H26N4O3S2/c1-3-20-11-13-21(14-12-20)27-25(31)17-34-26-29-28-24(30(26)22-7-5-4-6-8-22)18-35(32,33)23-15-9-19(2)10-16-23/h4-16H,3,17-18H2,1-2H3,(H,27,31). The molecule has 0 aliphatic heterocycles. The summed E-state index contributed by atoms with van der Waals surface area (Å²) in [6, 6.07) is 23.7. The third kappa shape index (κ3) is 6.17. The van der Waals surface area contributed by atoms with Crippen LogP contribution in [0.3, 0.4) is 0 Å². The molecule has 0 aliphatic carbocycles. The molecule has 0 bridgehead atoms. The van der Waals surface area contributed by atoms with Crippen LogP contribution in [0.1, 0.15) is 23.9 Å². The van der Waals surface area contributed by atoms with Gasteiger partial charge in [-0.05, 0) is 55.3 Å². The fourth-order valence-electron chi connectivity index (χ4n) is 3.47. The number of carbonyl (C=O) groups excluding carboxylic acids is 1. The number of anilines is 1. The first kappa shape index (κ1) is 24.7. The second-order valence-electron chi connectivity index (χ2n) is 8.03. The Balaban J connectivity index is 1.54. The SMILES string of the molecule is CCc1ccc(NC(=O)CSc2nnc(CS(=O)(=O)c3ccc(C)cc3)n2-c2ccccc2)cc1. The van der Waals surface area contributed by atoms with Gasteiger partial charge in [0.15, 0.2) is 20.8 Å². The number of nitrogens with one attached hydrogen (secondary N) is 1. The molecule has 1 aromatic heterocycles. The van der Waals surface area contributed by atoms with Gasteiger partial charge in [-0.25, -0.2) is 8.42 Å². The molecule has 1 heterocycles. The number of thioether (sulfide) groups is 1. The van der Waals surface area contributed by atoms with Crippen molar-refractivity contribution in [1.82, 2.24) is 14.8 Å². The van der Waals surface area contributed by atoms with E-state index in [9.17, 15) is 13.2 Å². The zero-order chi connectivity index (χ0) is 24.8. The van der Waals surface area contributed by atoms with Crippen LogP contribution in [-0.2, 0) is 26.8 Å². The molecule has 180 valence electrons. The van der Waals surface area contributed by atoms with Crippen molar-refractivity contribution >= 4 is 33.2 Å². The highest BCUT2D eigenvalue weighted by atomic mass is 32.2. The van der Waals surface area contributed by atoms with Crippen LogP contribution in [0.15, 0.2) is 88.9 Å². The summed E-state index contributed by atoms with van der Waals surface area (Å²) in [6.07, 6.45) is 0.932. The van der Waals surface area contributed by atoms with E-state index in [0.717, 1.165) is 23.4 Å². The van der Waals surface area contributed by atoms with Crippen LogP contribution >= 0.6 is 11.8 Å². The molecule has 0 atom stereocenters. The number of carbonyl (C=O) groups is 1. The monoisotopic (exact) mass is 506 g/mol. The highest BCUT2D eigenvalue weighted by molar-refractivity contribution is 7.99. The quantitative estimate of drug-likeness (QED) is 0.327. The molecule has 1 amide bonds. The Kier molecular flexibility index (Phi) is 7.67. The average Bonchev–Trinajstić information content (AvgIpc) is 3.25. The molecule has 4 rings (SSSR count). The fourth-order valence-corrected chi connectivity index (χ4v) is 5.49. The summed E-state index contributed by atoms with van der Waals surface area (Å²) in [5.74, 6) is -0.106. The van der Waals surface area contributed by atoms with Crippen molar-refractivity contribution in [2.45, 2.75) is 36.1 Å². The Morgan fingerprint density at radius 3 is 2.29 bits per heavy atom. The van der Waals surface area contributed by atoms with E-state index in [0.29, 0.717) is 5.16 Å². The maximum atomic E-state index is 13.1. The van der Waals surface area contributed by atoms with Gasteiger partial charge in [-0.3, -0.25) is 9.36 Å². The number of nitrogens with zero attached hydrogens (tertiary/aromatic N) is 3. The molecule has 0 saturated carbocycles. The van der Waals surface area contributed by atoms with Crippen molar-refractivity contribution in [1.29, 1.82) is 0 Å². The van der Waals surface area contributed by atoms with Crippen LogP contribution in [0, 0.1) is 6.92 Å². The Labute approximate surface area is 209 Å². The third-order valence-corrected chi connectivity index (χ3v) is 7.95. The predicted molar refractivity (Wildman–Crippen MR) is 139 cm³/mol. The number of amides is 1. The highest BCUT2D eigenvalue weighted by Crippen LogP contribution is 2.25. The highest BCUT2D eigenvalue weighted by Gasteiger charge is 2.23. The normalized spacial score (nSPS) is 11.4. The van der Waals surface area contributed by atoms with Crippen molar-refractivity contribution in [2.24, 2.45) is 0 Å². The van der Waals surface area contributed by atoms with Gasteiger partial charge in [-0.15, -0.1) is 10.2 Å². The van der Waals surface area contributed by atoms with E-state index < -0.39 is 9.84 Å². The molecule has 3 aromatic carbocycles. The predicted octanol–water partition coefficient (Wildman–Crippen LogP) is 4.84. The van der Waals surface area contributed by atoms with Crippen LogP contribution in [-0.4, -0.2) is 34.8 Å². The van der Waals surface area contributed by atoms with E-state index in [1.54, 1.807) is 28.8 Å². The van der Waals surface area contributed by atoms with E-state index in [2.05, 4.69) is 22.4 Å². The molecular weight excluding hydrogens is 480 g/mol.